The van der Waals surface area contributed by atoms with E-state index in [0.29, 0.717) is 13.1 Å². The summed E-state index contributed by atoms with van der Waals surface area (Å²) >= 11 is 0. The van der Waals surface area contributed by atoms with Gasteiger partial charge in [-0.25, -0.2) is 4.79 Å². The van der Waals surface area contributed by atoms with E-state index in [-0.39, 0.29) is 12.1 Å². The fraction of sp³-hybridized carbons (Fsp3) is 0.370. The highest BCUT2D eigenvalue weighted by atomic mass is 16.5. The number of benzene rings is 2. The number of ether oxygens (including phenoxy) is 1. The van der Waals surface area contributed by atoms with Crippen LogP contribution in [0.15, 0.2) is 77.4 Å². The lowest BCUT2D eigenvalue weighted by Gasteiger charge is -2.39. The number of aryl methyl sites for hydroxylation is 1. The van der Waals surface area contributed by atoms with Crippen molar-refractivity contribution in [2.45, 2.75) is 18.9 Å². The van der Waals surface area contributed by atoms with Crippen molar-refractivity contribution < 1.29 is 13.9 Å². The Balaban J connectivity index is 1.25. The minimum Gasteiger partial charge on any atom is -0.497 e. The second kappa shape index (κ2) is 12.1. The molecule has 0 radical (unpaired) electrons. The van der Waals surface area contributed by atoms with Gasteiger partial charge >= 0.3 is 6.03 Å². The Morgan fingerprint density at radius 1 is 0.971 bits per heavy atom. The summed E-state index contributed by atoms with van der Waals surface area (Å²) in [4.78, 5) is 17.2. The van der Waals surface area contributed by atoms with E-state index in [1.807, 2.05) is 42.5 Å². The predicted octanol–water partition coefficient (Wildman–Crippen LogP) is 4.08. The molecular formula is C27H34N4O3. The van der Waals surface area contributed by atoms with Gasteiger partial charge in [-0.3, -0.25) is 4.90 Å². The minimum atomic E-state index is -0.138. The molecule has 1 aromatic heterocycles. The molecule has 2 aromatic carbocycles. The van der Waals surface area contributed by atoms with E-state index in [0.717, 1.165) is 50.5 Å². The summed E-state index contributed by atoms with van der Waals surface area (Å²) in [5, 5.41) is 6.02. The summed E-state index contributed by atoms with van der Waals surface area (Å²) in [6.07, 6.45) is 3.56. The standard InChI is InChI=1S/C27H34N4O3/c1-33-24-13-11-23(12-14-24)30-16-18-31(19-17-30)25(26-10-6-20-34-26)21-29-27(32)28-15-5-9-22-7-3-2-4-8-22/h2-4,6-8,10-14,20,25H,5,9,15-19,21H2,1H3,(H2,28,29,32). The average molecular weight is 463 g/mol. The van der Waals surface area contributed by atoms with Crippen molar-refractivity contribution in [2.75, 3.05) is 51.3 Å². The third-order valence-electron chi connectivity index (χ3n) is 6.29. The summed E-state index contributed by atoms with van der Waals surface area (Å²) in [6.45, 7) is 4.74. The molecule has 34 heavy (non-hydrogen) atoms. The summed E-state index contributed by atoms with van der Waals surface area (Å²) in [5.41, 5.74) is 2.49. The van der Waals surface area contributed by atoms with E-state index in [1.165, 1.54) is 11.3 Å². The number of hydrogen-bond donors (Lipinski definition) is 2. The highest BCUT2D eigenvalue weighted by Crippen LogP contribution is 2.25. The third kappa shape index (κ3) is 6.54. The predicted molar refractivity (Wildman–Crippen MR) is 134 cm³/mol. The molecule has 0 saturated carbocycles. The van der Waals surface area contributed by atoms with Crippen LogP contribution in [0.1, 0.15) is 23.8 Å². The van der Waals surface area contributed by atoms with Crippen LogP contribution in [0.25, 0.3) is 0 Å². The van der Waals surface area contributed by atoms with Gasteiger partial charge in [0.15, 0.2) is 0 Å². The Bertz CT molecular complexity index is 984. The fourth-order valence-corrected chi connectivity index (χ4v) is 4.37. The van der Waals surface area contributed by atoms with Crippen molar-refractivity contribution in [1.82, 2.24) is 15.5 Å². The number of anilines is 1. The number of piperazine rings is 1. The first-order chi connectivity index (χ1) is 16.7. The van der Waals surface area contributed by atoms with Gasteiger partial charge in [-0.05, 0) is 54.8 Å². The van der Waals surface area contributed by atoms with Gasteiger partial charge in [0.1, 0.15) is 11.5 Å². The van der Waals surface area contributed by atoms with Crippen molar-refractivity contribution >= 4 is 11.7 Å². The zero-order chi connectivity index (χ0) is 23.6. The maximum atomic E-state index is 12.4. The quantitative estimate of drug-likeness (QED) is 0.444. The lowest BCUT2D eigenvalue weighted by molar-refractivity contribution is 0.161. The number of methoxy groups -OCH3 is 1. The normalized spacial score (nSPS) is 15.0. The van der Waals surface area contributed by atoms with E-state index >= 15 is 0 Å². The maximum Gasteiger partial charge on any atom is 0.314 e. The number of nitrogens with one attached hydrogen (secondary N) is 2. The van der Waals surface area contributed by atoms with Gasteiger partial charge in [0.2, 0.25) is 0 Å². The van der Waals surface area contributed by atoms with E-state index < -0.39 is 0 Å². The van der Waals surface area contributed by atoms with Gasteiger partial charge in [-0.2, -0.15) is 0 Å². The first-order valence-corrected chi connectivity index (χ1v) is 11.9. The summed E-state index contributed by atoms with van der Waals surface area (Å²) in [7, 11) is 1.68. The number of hydrogen-bond acceptors (Lipinski definition) is 5. The zero-order valence-electron chi connectivity index (χ0n) is 19.8. The monoisotopic (exact) mass is 462 g/mol. The molecule has 1 fully saturated rings. The molecule has 1 unspecified atom stereocenters. The van der Waals surface area contributed by atoms with E-state index in [9.17, 15) is 4.79 Å². The van der Waals surface area contributed by atoms with Gasteiger partial charge in [-0.1, -0.05) is 30.3 Å². The lowest BCUT2D eigenvalue weighted by atomic mass is 10.1. The fourth-order valence-electron chi connectivity index (χ4n) is 4.37. The molecule has 3 aromatic rings. The minimum absolute atomic E-state index is 0.00286. The molecule has 2 heterocycles. The Morgan fingerprint density at radius 2 is 1.74 bits per heavy atom. The first kappa shape index (κ1) is 23.7. The smallest absolute Gasteiger partial charge is 0.314 e. The topological polar surface area (TPSA) is 70.0 Å². The summed E-state index contributed by atoms with van der Waals surface area (Å²) < 4.78 is 11.0. The molecule has 0 aliphatic carbocycles. The zero-order valence-corrected chi connectivity index (χ0v) is 19.8. The molecule has 1 saturated heterocycles. The lowest BCUT2D eigenvalue weighted by Crippen LogP contribution is -2.50. The second-order valence-corrected chi connectivity index (χ2v) is 8.48. The van der Waals surface area contributed by atoms with Crippen molar-refractivity contribution in [1.29, 1.82) is 0 Å². The van der Waals surface area contributed by atoms with Crippen LogP contribution in [0, 0.1) is 0 Å². The van der Waals surface area contributed by atoms with Crippen LogP contribution < -0.4 is 20.3 Å². The highest BCUT2D eigenvalue weighted by molar-refractivity contribution is 5.73. The SMILES string of the molecule is COc1ccc(N2CCN(C(CNC(=O)NCCCc3ccccc3)c3ccco3)CC2)cc1. The maximum absolute atomic E-state index is 12.4. The number of nitrogens with zero attached hydrogens (tertiary/aromatic N) is 2. The van der Waals surface area contributed by atoms with Crippen LogP contribution in [0.2, 0.25) is 0 Å². The Labute approximate surface area is 201 Å². The molecule has 0 bridgehead atoms. The van der Waals surface area contributed by atoms with Gasteiger partial charge in [0.05, 0.1) is 19.4 Å². The number of furan rings is 1. The Morgan fingerprint density at radius 3 is 2.41 bits per heavy atom. The van der Waals surface area contributed by atoms with E-state index in [4.69, 9.17) is 9.15 Å². The van der Waals surface area contributed by atoms with Crippen molar-refractivity contribution in [3.8, 4) is 5.75 Å². The summed E-state index contributed by atoms with van der Waals surface area (Å²) in [5.74, 6) is 1.74. The number of rotatable bonds is 10. The second-order valence-electron chi connectivity index (χ2n) is 8.48. The van der Waals surface area contributed by atoms with Crippen molar-refractivity contribution in [3.63, 3.8) is 0 Å². The van der Waals surface area contributed by atoms with Gasteiger partial charge in [0, 0.05) is 45.0 Å². The Hall–Kier alpha value is -3.45. The average Bonchev–Trinajstić information content (AvgIpc) is 3.43. The molecule has 7 nitrogen and oxygen atoms in total. The summed E-state index contributed by atoms with van der Waals surface area (Å²) in [6, 6.07) is 22.3. The van der Waals surface area contributed by atoms with E-state index in [1.54, 1.807) is 13.4 Å². The van der Waals surface area contributed by atoms with Crippen LogP contribution in [0.4, 0.5) is 10.5 Å². The molecule has 1 atom stereocenters. The van der Waals surface area contributed by atoms with Gasteiger partial charge in [0.25, 0.3) is 0 Å². The van der Waals surface area contributed by atoms with Gasteiger partial charge < -0.3 is 24.7 Å². The first-order valence-electron chi connectivity index (χ1n) is 11.9. The van der Waals surface area contributed by atoms with Crippen LogP contribution in [0.3, 0.4) is 0 Å². The number of carbonyl (C=O) groups is 1. The van der Waals surface area contributed by atoms with Crippen molar-refractivity contribution in [2.24, 2.45) is 0 Å². The highest BCUT2D eigenvalue weighted by Gasteiger charge is 2.27. The van der Waals surface area contributed by atoms with Crippen molar-refractivity contribution in [3.05, 3.63) is 84.3 Å². The van der Waals surface area contributed by atoms with Gasteiger partial charge in [-0.15, -0.1) is 0 Å². The molecule has 4 rings (SSSR count). The molecule has 2 amide bonds. The van der Waals surface area contributed by atoms with Crippen LogP contribution in [-0.2, 0) is 6.42 Å². The van der Waals surface area contributed by atoms with Crippen LogP contribution >= 0.6 is 0 Å². The molecule has 1 aliphatic heterocycles. The molecule has 2 N–H and O–H groups in total. The molecule has 1 aliphatic rings. The molecule has 180 valence electrons. The molecular weight excluding hydrogens is 428 g/mol. The van der Waals surface area contributed by atoms with Crippen LogP contribution in [0.5, 0.6) is 5.75 Å². The molecule has 7 heteroatoms. The van der Waals surface area contributed by atoms with Crippen LogP contribution in [-0.4, -0.2) is 57.3 Å². The molecule has 0 spiro atoms. The number of urea groups is 1. The third-order valence-corrected chi connectivity index (χ3v) is 6.29. The number of amides is 2. The number of carbonyl (C=O) groups excluding carboxylic acids is 1. The van der Waals surface area contributed by atoms with E-state index in [2.05, 4.69) is 44.7 Å². The Kier molecular flexibility index (Phi) is 8.46. The largest absolute Gasteiger partial charge is 0.497 e.